The van der Waals surface area contributed by atoms with Crippen LogP contribution in [0.15, 0.2) is 71.9 Å². The van der Waals surface area contributed by atoms with Crippen molar-refractivity contribution in [2.75, 3.05) is 5.32 Å². The van der Waals surface area contributed by atoms with E-state index in [1.165, 1.54) is 29.5 Å². The van der Waals surface area contributed by atoms with Crippen molar-refractivity contribution in [2.45, 2.75) is 37.2 Å². The summed E-state index contributed by atoms with van der Waals surface area (Å²) in [5.41, 5.74) is 3.40. The van der Waals surface area contributed by atoms with E-state index in [0.29, 0.717) is 44.1 Å². The van der Waals surface area contributed by atoms with E-state index in [4.69, 9.17) is 23.2 Å². The standard InChI is InChI=1S/C26H24Cl2FN5OS/c1-16(2)18-5-10-21(11-6-18)31-25(35)30-14-24-32-33-26(36-15-17-3-8-20(29)9-4-17)34(24)23-13-19(27)7-12-22(23)28/h3-13,16H,14-15H2,1-2H3,(H2,30,31,35). The van der Waals surface area contributed by atoms with Crippen molar-refractivity contribution < 1.29 is 9.18 Å². The van der Waals surface area contributed by atoms with Gasteiger partial charge in [-0.15, -0.1) is 10.2 Å². The zero-order valence-electron chi connectivity index (χ0n) is 19.6. The van der Waals surface area contributed by atoms with Gasteiger partial charge in [0.1, 0.15) is 5.82 Å². The Bertz CT molecular complexity index is 1340. The maximum Gasteiger partial charge on any atom is 0.319 e. The molecule has 0 aliphatic heterocycles. The van der Waals surface area contributed by atoms with Crippen LogP contribution in [0, 0.1) is 5.82 Å². The molecule has 1 heterocycles. The molecular weight excluding hydrogens is 520 g/mol. The summed E-state index contributed by atoms with van der Waals surface area (Å²) in [6.07, 6.45) is 0. The Balaban J connectivity index is 1.52. The molecule has 0 aliphatic rings. The largest absolute Gasteiger partial charge is 0.331 e. The first-order chi connectivity index (χ1) is 17.3. The van der Waals surface area contributed by atoms with Crippen LogP contribution < -0.4 is 10.6 Å². The van der Waals surface area contributed by atoms with E-state index in [-0.39, 0.29) is 18.4 Å². The first kappa shape index (κ1) is 26.0. The van der Waals surface area contributed by atoms with E-state index in [9.17, 15) is 9.18 Å². The number of anilines is 1. The molecule has 0 saturated carbocycles. The molecule has 10 heteroatoms. The number of hydrogen-bond acceptors (Lipinski definition) is 4. The minimum Gasteiger partial charge on any atom is -0.331 e. The van der Waals surface area contributed by atoms with Gasteiger partial charge < -0.3 is 10.6 Å². The number of nitrogens with one attached hydrogen (secondary N) is 2. The highest BCUT2D eigenvalue weighted by atomic mass is 35.5. The highest BCUT2D eigenvalue weighted by Crippen LogP contribution is 2.31. The lowest BCUT2D eigenvalue weighted by Crippen LogP contribution is -2.29. The Morgan fingerprint density at radius 1 is 1.03 bits per heavy atom. The average Bonchev–Trinajstić information content (AvgIpc) is 3.26. The molecule has 0 atom stereocenters. The fourth-order valence-corrected chi connectivity index (χ4v) is 4.71. The average molecular weight is 544 g/mol. The monoisotopic (exact) mass is 543 g/mol. The van der Waals surface area contributed by atoms with E-state index < -0.39 is 0 Å². The molecule has 0 radical (unpaired) electrons. The number of halogens is 3. The topological polar surface area (TPSA) is 71.8 Å². The van der Waals surface area contributed by atoms with E-state index >= 15 is 0 Å². The van der Waals surface area contributed by atoms with Crippen molar-refractivity contribution in [3.8, 4) is 5.69 Å². The highest BCUT2D eigenvalue weighted by Gasteiger charge is 2.18. The van der Waals surface area contributed by atoms with Gasteiger partial charge in [0.2, 0.25) is 0 Å². The molecule has 4 aromatic rings. The van der Waals surface area contributed by atoms with Gasteiger partial charge in [0, 0.05) is 16.5 Å². The van der Waals surface area contributed by atoms with E-state index in [2.05, 4.69) is 34.7 Å². The van der Waals surface area contributed by atoms with Crippen molar-refractivity contribution in [1.29, 1.82) is 0 Å². The molecule has 6 nitrogen and oxygen atoms in total. The second kappa shape index (κ2) is 11.8. The van der Waals surface area contributed by atoms with Gasteiger partial charge in [0.05, 0.1) is 17.3 Å². The zero-order chi connectivity index (χ0) is 25.7. The predicted octanol–water partition coefficient (Wildman–Crippen LogP) is 7.45. The van der Waals surface area contributed by atoms with Crippen LogP contribution >= 0.6 is 35.0 Å². The lowest BCUT2D eigenvalue weighted by molar-refractivity contribution is 0.251. The van der Waals surface area contributed by atoms with Crippen molar-refractivity contribution >= 4 is 46.7 Å². The number of benzene rings is 3. The summed E-state index contributed by atoms with van der Waals surface area (Å²) in [5.74, 6) is 1.13. The van der Waals surface area contributed by atoms with Crippen molar-refractivity contribution in [2.24, 2.45) is 0 Å². The number of amides is 2. The van der Waals surface area contributed by atoms with Gasteiger partial charge in [-0.3, -0.25) is 4.57 Å². The second-order valence-corrected chi connectivity index (χ2v) is 10.1. The number of thioether (sulfide) groups is 1. The molecule has 36 heavy (non-hydrogen) atoms. The molecule has 0 fully saturated rings. The summed E-state index contributed by atoms with van der Waals surface area (Å²) in [6.45, 7) is 4.33. The van der Waals surface area contributed by atoms with Crippen LogP contribution in [0.4, 0.5) is 14.9 Å². The predicted molar refractivity (Wildman–Crippen MR) is 144 cm³/mol. The summed E-state index contributed by atoms with van der Waals surface area (Å²) < 4.78 is 15.0. The molecule has 0 aliphatic carbocycles. The van der Waals surface area contributed by atoms with Crippen molar-refractivity contribution in [3.63, 3.8) is 0 Å². The molecule has 0 saturated heterocycles. The van der Waals surface area contributed by atoms with Gasteiger partial charge in [0.25, 0.3) is 0 Å². The van der Waals surface area contributed by atoms with Crippen LogP contribution in [0.25, 0.3) is 5.69 Å². The van der Waals surface area contributed by atoms with E-state index in [1.54, 1.807) is 34.9 Å². The third-order valence-electron chi connectivity index (χ3n) is 5.37. The molecule has 1 aromatic heterocycles. The number of carbonyl (C=O) groups excluding carboxylic acids is 1. The summed E-state index contributed by atoms with van der Waals surface area (Å²) in [5, 5.41) is 15.8. The third-order valence-corrected chi connectivity index (χ3v) is 6.93. The fourth-order valence-electron chi connectivity index (χ4n) is 3.42. The number of hydrogen-bond donors (Lipinski definition) is 2. The van der Waals surface area contributed by atoms with Gasteiger partial charge >= 0.3 is 6.03 Å². The summed E-state index contributed by atoms with van der Waals surface area (Å²) in [6, 6.07) is 18.7. The van der Waals surface area contributed by atoms with Crippen LogP contribution in [-0.4, -0.2) is 20.8 Å². The maximum absolute atomic E-state index is 13.3. The summed E-state index contributed by atoms with van der Waals surface area (Å²) in [7, 11) is 0. The van der Waals surface area contributed by atoms with E-state index in [0.717, 1.165) is 5.56 Å². The Morgan fingerprint density at radius 2 is 1.75 bits per heavy atom. The van der Waals surface area contributed by atoms with Gasteiger partial charge in [-0.25, -0.2) is 9.18 Å². The Kier molecular flexibility index (Phi) is 8.51. The first-order valence-electron chi connectivity index (χ1n) is 11.2. The normalized spacial score (nSPS) is 11.1. The quantitative estimate of drug-likeness (QED) is 0.226. The first-order valence-corrected chi connectivity index (χ1v) is 13.0. The molecule has 2 amide bonds. The van der Waals surface area contributed by atoms with Crippen LogP contribution in [0.2, 0.25) is 10.0 Å². The van der Waals surface area contributed by atoms with Crippen molar-refractivity contribution in [3.05, 3.63) is 99.5 Å². The summed E-state index contributed by atoms with van der Waals surface area (Å²) in [4.78, 5) is 12.6. The number of carbonyl (C=O) groups is 1. The van der Waals surface area contributed by atoms with E-state index in [1.807, 2.05) is 24.3 Å². The molecule has 4 rings (SSSR count). The number of aromatic nitrogens is 3. The van der Waals surface area contributed by atoms with Crippen molar-refractivity contribution in [1.82, 2.24) is 20.1 Å². The molecule has 0 unspecified atom stereocenters. The van der Waals surface area contributed by atoms with Crippen LogP contribution in [0.5, 0.6) is 0 Å². The second-order valence-electron chi connectivity index (χ2n) is 8.33. The summed E-state index contributed by atoms with van der Waals surface area (Å²) >= 11 is 14.1. The van der Waals surface area contributed by atoms with Crippen LogP contribution in [0.3, 0.4) is 0 Å². The number of nitrogens with zero attached hydrogens (tertiary/aromatic N) is 3. The SMILES string of the molecule is CC(C)c1ccc(NC(=O)NCc2nnc(SCc3ccc(F)cc3)n2-c2cc(Cl)ccc2Cl)cc1. The van der Waals surface area contributed by atoms with Crippen LogP contribution in [-0.2, 0) is 12.3 Å². The molecule has 186 valence electrons. The Morgan fingerprint density at radius 3 is 2.44 bits per heavy atom. The Hall–Kier alpha value is -3.07. The third kappa shape index (κ3) is 6.57. The molecule has 0 bridgehead atoms. The van der Waals surface area contributed by atoms with Gasteiger partial charge in [-0.1, -0.05) is 73.1 Å². The fraction of sp³-hybridized carbons (Fsp3) is 0.192. The zero-order valence-corrected chi connectivity index (χ0v) is 22.0. The van der Waals surface area contributed by atoms with Gasteiger partial charge in [-0.05, 0) is 59.5 Å². The molecular formula is C26H24Cl2FN5OS. The smallest absolute Gasteiger partial charge is 0.319 e. The van der Waals surface area contributed by atoms with Gasteiger partial charge in [-0.2, -0.15) is 0 Å². The number of urea groups is 1. The lowest BCUT2D eigenvalue weighted by Gasteiger charge is -2.13. The number of rotatable bonds is 8. The van der Waals surface area contributed by atoms with Crippen LogP contribution in [0.1, 0.15) is 36.7 Å². The maximum atomic E-state index is 13.3. The minimum atomic E-state index is -0.375. The lowest BCUT2D eigenvalue weighted by atomic mass is 10.0. The highest BCUT2D eigenvalue weighted by molar-refractivity contribution is 7.98. The van der Waals surface area contributed by atoms with Gasteiger partial charge in [0.15, 0.2) is 11.0 Å². The minimum absolute atomic E-state index is 0.100. The molecule has 2 N–H and O–H groups in total. The Labute approximate surface area is 223 Å². The molecule has 3 aromatic carbocycles. The molecule has 0 spiro atoms.